The molecule has 1 aliphatic rings. The third-order valence-electron chi connectivity index (χ3n) is 25.6. The lowest BCUT2D eigenvalue weighted by atomic mass is 10.0. The molecule has 4 heterocycles. The van der Waals surface area contributed by atoms with E-state index < -0.39 is 187 Å². The van der Waals surface area contributed by atoms with Gasteiger partial charge in [-0.15, -0.1) is 10.8 Å². The fraction of sp³-hybridized carbons (Fsp3) is 0.534. The Morgan fingerprint density at radius 1 is 0.450 bits per heavy atom. The van der Waals surface area contributed by atoms with Crippen molar-refractivity contribution in [2.75, 3.05) is 69.0 Å². The van der Waals surface area contributed by atoms with Crippen molar-refractivity contribution in [3.63, 3.8) is 0 Å². The van der Waals surface area contributed by atoms with Gasteiger partial charge in [0, 0.05) is 97.8 Å². The van der Waals surface area contributed by atoms with Crippen LogP contribution in [0.25, 0.3) is 21.8 Å². The normalized spacial score (nSPS) is 14.5. The van der Waals surface area contributed by atoms with Gasteiger partial charge in [0.25, 0.3) is 0 Å². The number of hydrogen-bond acceptors (Lipinski definition) is 25. The number of H-pyrrole nitrogens is 3. The van der Waals surface area contributed by atoms with Gasteiger partial charge in [0.2, 0.25) is 94.5 Å². The highest BCUT2D eigenvalue weighted by molar-refractivity contribution is 8.84. The molecule has 149 heavy (non-hydrogen) atoms. The Labute approximate surface area is 886 Å². The number of nitrogens with zero attached hydrogens (tertiary/aromatic N) is 2. The predicted molar refractivity (Wildman–Crippen MR) is 577 cm³/mol. The van der Waals surface area contributed by atoms with Gasteiger partial charge in [0.1, 0.15) is 72.2 Å². The quantitative estimate of drug-likeness (QED) is 0.0143. The zero-order valence-corrected chi connectivity index (χ0v) is 88.3. The number of likely N-dealkylation sites (tertiary alicyclic amines) is 1. The van der Waals surface area contributed by atoms with Gasteiger partial charge in [-0.25, -0.2) is 4.98 Å². The van der Waals surface area contributed by atoms with Crippen LogP contribution in [0.3, 0.4) is 0 Å². The second-order valence-corrected chi connectivity index (χ2v) is 41.2. The first-order chi connectivity index (χ1) is 71.8. The van der Waals surface area contributed by atoms with E-state index in [2.05, 4.69) is 94.4 Å². The minimum absolute atomic E-state index is 0.00629. The van der Waals surface area contributed by atoms with Gasteiger partial charge in [-0.05, 0) is 167 Å². The minimum atomic E-state index is -1.49. The second kappa shape index (κ2) is 67.4. The summed E-state index contributed by atoms with van der Waals surface area (Å²) in [7, 11) is 7.46. The van der Waals surface area contributed by atoms with Crippen molar-refractivity contribution in [3.8, 4) is 5.75 Å². The van der Waals surface area contributed by atoms with Crippen LogP contribution in [0.15, 0.2) is 128 Å². The van der Waals surface area contributed by atoms with Gasteiger partial charge in [-0.2, -0.15) is 34.2 Å². The van der Waals surface area contributed by atoms with Crippen molar-refractivity contribution in [1.82, 2.24) is 99.3 Å². The first-order valence-electron chi connectivity index (χ1n) is 51.1. The summed E-state index contributed by atoms with van der Waals surface area (Å²) in [6.07, 6.45) is 26.9. The van der Waals surface area contributed by atoms with Crippen molar-refractivity contribution in [2.24, 2.45) is 17.2 Å². The van der Waals surface area contributed by atoms with Crippen LogP contribution >= 0.6 is 45.0 Å². The molecule has 7 aromatic rings. The van der Waals surface area contributed by atoms with E-state index in [0.717, 1.165) is 107 Å². The zero-order valence-electron chi connectivity index (χ0n) is 85.0. The van der Waals surface area contributed by atoms with Crippen molar-refractivity contribution >= 4 is 174 Å². The summed E-state index contributed by atoms with van der Waals surface area (Å²) in [4.78, 5) is 252. The number of phenolic OH excluding ortho intramolecular Hbond substituents is 1. The molecule has 1 fully saturated rings. The van der Waals surface area contributed by atoms with E-state index in [1.165, 1.54) is 98.0 Å². The standard InChI is InChI=1S/C103H147BN22O19S4/c1-65(116-99(141)82(54-68-57-110-75-34-23-21-32-72(68)75)123-102(144)86-38-29-49-126(86)103(145)84(56-70-59-108-64-115-70)124-101(143)83(55-69-58-111-76-35-24-22-33-73(69)76)121-94(136)74(106)52-66-30-17-16-18-31-66)93(135)118-79(45-50-146-2)97(139)120-80(46-51-147-3)98(140)122-81(53-67-41-43-71(127)44-42-67)100(142)119-77(36-25-27-47-105)95(137)114-61-89(130)112-60-88(129)113-62-90(131)117-78(96(138)125-85(92(107)134)63-148-149-104)37-26-28-48-109-87(128)39-19-14-12-10-8-6-4-5-7-9-11-13-15-20-40-91(132)133/h16-18,21-24,30-35,41-44,57-59,64-65,74,77-86,110-111,127H,4-15,19-20,25-29,36-40,45-56,60-63,105-106H2,1-3H3,(H2,107,134)(H,108,115)(H,109,128)(H,112,130)(H,113,129)(H,114,137)(H,116,141)(H,117,131)(H,118,135)(H,119,142)(H,120,139)(H,121,136)(H,122,140)(H,123,144)(H,124,143)(H,125,138)(H,132,133)/t65-,74-,77-,78?,79-,80-,81-,82-,83-,84-,85-,86-/m1/s1. The molecule has 1 saturated heterocycles. The number of fused-ring (bicyclic) bond motifs is 2. The third-order valence-corrected chi connectivity index (χ3v) is 28.3. The molecule has 8 rings (SSSR count). The summed E-state index contributed by atoms with van der Waals surface area (Å²) < 4.78 is 0. The number of aromatic amines is 3. The molecular formula is C103H147BN22O19S4. The van der Waals surface area contributed by atoms with Crippen molar-refractivity contribution in [2.45, 2.75) is 278 Å². The number of unbranched alkanes of at least 4 members (excludes halogenated alkanes) is 15. The molecule has 4 aromatic carbocycles. The molecule has 810 valence electrons. The number of carbonyl (C=O) groups excluding carboxylic acids is 16. The van der Waals surface area contributed by atoms with Gasteiger partial charge in [0.05, 0.1) is 37.7 Å². The lowest BCUT2D eigenvalue weighted by Crippen LogP contribution is -2.60. The molecule has 46 heteroatoms. The Hall–Kier alpha value is -12.7. The summed E-state index contributed by atoms with van der Waals surface area (Å²) in [6, 6.07) is 13.9. The SMILES string of the molecule is [B]SSC[C@@H](NC(=O)C(CCCCNC(=O)CCCCCCCCCCCCCCCCC(=O)O)NC(=O)CNC(=O)CNC(=O)CNC(=O)[C@@H](CCCCN)NC(=O)[C@@H](Cc1ccc(O)cc1)NC(=O)[C@@H](CCSC)NC(=O)[C@@H](CCSC)NC(=O)[C@@H](C)NC(=O)[C@@H](Cc1c[nH]c2ccccc12)NC(=O)[C@H]1CCCN1C(=O)[C@@H](Cc1c[nH]cn1)NC(=O)[C@@H](Cc1c[nH]c2ccccc12)NC(=O)[C@H](N)Cc1ccccc1)C(N)=O. The van der Waals surface area contributed by atoms with Crippen LogP contribution in [0.5, 0.6) is 5.75 Å². The number of aliphatic carboxylic acids is 1. The lowest BCUT2D eigenvalue weighted by Gasteiger charge is -2.31. The number of aromatic nitrogens is 4. The summed E-state index contributed by atoms with van der Waals surface area (Å²) in [5.74, 6) is -12.3. The molecule has 1 unspecified atom stereocenters. The minimum Gasteiger partial charge on any atom is -0.508 e. The average Bonchev–Trinajstić information content (AvgIpc) is 1.73. The number of carbonyl (C=O) groups is 17. The highest BCUT2D eigenvalue weighted by Gasteiger charge is 2.42. The predicted octanol–water partition coefficient (Wildman–Crippen LogP) is 4.32. The van der Waals surface area contributed by atoms with E-state index in [-0.39, 0.29) is 113 Å². The van der Waals surface area contributed by atoms with E-state index in [1.807, 2.05) is 72.8 Å². The van der Waals surface area contributed by atoms with Crippen LogP contribution in [-0.4, -0.2) is 284 Å². The number of benzene rings is 4. The van der Waals surface area contributed by atoms with Gasteiger partial charge in [-0.1, -0.05) is 156 Å². The molecule has 12 atom stereocenters. The smallest absolute Gasteiger partial charge is 0.303 e. The van der Waals surface area contributed by atoms with Crippen molar-refractivity contribution in [1.29, 1.82) is 0 Å². The summed E-state index contributed by atoms with van der Waals surface area (Å²) in [6.45, 7) is -0.139. The fourth-order valence-corrected chi connectivity index (χ4v) is 19.3. The molecule has 0 saturated carbocycles. The molecule has 1 aliphatic heterocycles. The Bertz CT molecular complexity index is 5460. The molecule has 2 radical (unpaired) electrons. The maximum absolute atomic E-state index is 15.3. The number of primary amides is 1. The van der Waals surface area contributed by atoms with E-state index in [9.17, 15) is 72.2 Å². The fourth-order valence-electron chi connectivity index (χ4n) is 17.2. The number of hydrogen-bond donors (Lipinski definition) is 22. The number of carboxylic acid groups (broad SMARTS) is 1. The number of nitrogens with two attached hydrogens (primary N) is 3. The Kier molecular flexibility index (Phi) is 55.0. The van der Waals surface area contributed by atoms with Crippen LogP contribution in [-0.2, 0) is 114 Å². The van der Waals surface area contributed by atoms with E-state index in [4.69, 9.17) is 29.4 Å². The van der Waals surface area contributed by atoms with Crippen molar-refractivity contribution in [3.05, 3.63) is 156 Å². The molecule has 0 bridgehead atoms. The first kappa shape index (κ1) is 122. The molecule has 0 spiro atoms. The summed E-state index contributed by atoms with van der Waals surface area (Å²) >= 11 is 2.69. The summed E-state index contributed by atoms with van der Waals surface area (Å²) in [5, 5.41) is 58.1. The monoisotopic (exact) mass is 2140 g/mol. The Morgan fingerprint density at radius 2 is 0.913 bits per heavy atom. The van der Waals surface area contributed by atoms with Gasteiger partial charge in [-0.3, -0.25) is 81.5 Å². The largest absolute Gasteiger partial charge is 0.508 e. The van der Waals surface area contributed by atoms with Crippen LogP contribution in [0, 0.1) is 0 Å². The maximum Gasteiger partial charge on any atom is 0.303 e. The zero-order chi connectivity index (χ0) is 108. The van der Waals surface area contributed by atoms with Crippen LogP contribution < -0.4 is 91.6 Å². The van der Waals surface area contributed by atoms with Gasteiger partial charge < -0.3 is 122 Å². The number of rotatable bonds is 73. The number of carboxylic acids is 1. The van der Waals surface area contributed by atoms with E-state index in [0.29, 0.717) is 66.8 Å². The van der Waals surface area contributed by atoms with E-state index >= 15 is 14.4 Å². The number of para-hydroxylation sites is 2. The van der Waals surface area contributed by atoms with Crippen LogP contribution in [0.2, 0.25) is 0 Å². The molecule has 16 amide bonds. The number of phenols is 1. The third kappa shape index (κ3) is 44.2. The van der Waals surface area contributed by atoms with E-state index in [1.54, 1.807) is 37.2 Å². The average molecular weight is 2140 g/mol. The highest BCUT2D eigenvalue weighted by atomic mass is 33.1. The number of imidazole rings is 1. The second-order valence-electron chi connectivity index (χ2n) is 37.2. The summed E-state index contributed by atoms with van der Waals surface area (Å²) in [5.41, 5.74) is 22.3. The molecule has 0 aliphatic carbocycles. The molecule has 3 aromatic heterocycles. The molecule has 41 nitrogen and oxygen atoms in total. The number of thioether (sulfide) groups is 2. The number of aromatic hydroxyl groups is 1. The molecule has 25 N–H and O–H groups in total. The molecular weight excluding hydrogens is 1990 g/mol. The van der Waals surface area contributed by atoms with Crippen molar-refractivity contribution < 1.29 is 91.7 Å². The maximum atomic E-state index is 15.3. The van der Waals surface area contributed by atoms with Gasteiger partial charge >= 0.3 is 5.97 Å². The van der Waals surface area contributed by atoms with Crippen LogP contribution in [0.4, 0.5) is 0 Å². The van der Waals surface area contributed by atoms with Crippen LogP contribution in [0.1, 0.15) is 202 Å². The topological polar surface area (TPSA) is 641 Å². The first-order valence-corrected chi connectivity index (χ1v) is 56.3. The highest BCUT2D eigenvalue weighted by Crippen LogP contribution is 2.27. The Balaban J connectivity index is 0.858. The van der Waals surface area contributed by atoms with Gasteiger partial charge in [0.15, 0.2) is 7.12 Å². The Morgan fingerprint density at radius 3 is 1.46 bits per heavy atom. The number of amides is 16. The lowest BCUT2D eigenvalue weighted by molar-refractivity contribution is -0.142. The number of nitrogens with one attached hydrogen (secondary N) is 17.